The normalized spacial score (nSPS) is 12.0. The highest BCUT2D eigenvalue weighted by Crippen LogP contribution is 2.10. The van der Waals surface area contributed by atoms with E-state index in [-0.39, 0.29) is 5.54 Å². The SMILES string of the molecule is CCCn1ncnc1CNC(C)(C)CCCl. The Kier molecular flexibility index (Phi) is 5.22. The topological polar surface area (TPSA) is 42.7 Å². The van der Waals surface area contributed by atoms with Crippen LogP contribution in [0.3, 0.4) is 0 Å². The summed E-state index contributed by atoms with van der Waals surface area (Å²) < 4.78 is 1.95. The van der Waals surface area contributed by atoms with Crippen LogP contribution in [-0.4, -0.2) is 26.2 Å². The van der Waals surface area contributed by atoms with Crippen LogP contribution in [0.4, 0.5) is 0 Å². The van der Waals surface area contributed by atoms with Gasteiger partial charge in [-0.15, -0.1) is 11.6 Å². The van der Waals surface area contributed by atoms with Crippen LogP contribution in [0.2, 0.25) is 0 Å². The Hall–Kier alpha value is -0.610. The molecule has 4 nitrogen and oxygen atoms in total. The number of aromatic nitrogens is 3. The van der Waals surface area contributed by atoms with E-state index in [1.54, 1.807) is 6.33 Å². The van der Waals surface area contributed by atoms with Crippen molar-refractivity contribution in [1.29, 1.82) is 0 Å². The number of rotatable bonds is 7. The molecule has 0 aromatic carbocycles. The number of alkyl halides is 1. The summed E-state index contributed by atoms with van der Waals surface area (Å²) in [7, 11) is 0. The van der Waals surface area contributed by atoms with Crippen LogP contribution in [0.15, 0.2) is 6.33 Å². The van der Waals surface area contributed by atoms with Gasteiger partial charge in [-0.25, -0.2) is 9.67 Å². The van der Waals surface area contributed by atoms with Crippen LogP contribution in [0.25, 0.3) is 0 Å². The van der Waals surface area contributed by atoms with Gasteiger partial charge >= 0.3 is 0 Å². The Morgan fingerprint density at radius 1 is 1.50 bits per heavy atom. The minimum Gasteiger partial charge on any atom is -0.305 e. The van der Waals surface area contributed by atoms with Crippen molar-refractivity contribution in [3.05, 3.63) is 12.2 Å². The molecule has 0 amide bonds. The molecule has 0 aliphatic rings. The van der Waals surface area contributed by atoms with Crippen molar-refractivity contribution >= 4 is 11.6 Å². The fraction of sp³-hybridized carbons (Fsp3) is 0.818. The first-order valence-electron chi connectivity index (χ1n) is 5.76. The zero-order valence-corrected chi connectivity index (χ0v) is 11.1. The van der Waals surface area contributed by atoms with E-state index >= 15 is 0 Å². The first-order valence-corrected chi connectivity index (χ1v) is 6.30. The van der Waals surface area contributed by atoms with Gasteiger partial charge < -0.3 is 5.32 Å². The van der Waals surface area contributed by atoms with Crippen molar-refractivity contribution in [3.63, 3.8) is 0 Å². The van der Waals surface area contributed by atoms with Gasteiger partial charge in [0.05, 0.1) is 6.54 Å². The van der Waals surface area contributed by atoms with Gasteiger partial charge in [-0.3, -0.25) is 0 Å². The molecule has 92 valence electrons. The van der Waals surface area contributed by atoms with Crippen molar-refractivity contribution in [2.45, 2.75) is 52.2 Å². The van der Waals surface area contributed by atoms with Gasteiger partial charge in [-0.05, 0) is 26.7 Å². The van der Waals surface area contributed by atoms with Crippen LogP contribution in [-0.2, 0) is 13.1 Å². The summed E-state index contributed by atoms with van der Waals surface area (Å²) in [6.45, 7) is 8.10. The Morgan fingerprint density at radius 2 is 2.25 bits per heavy atom. The largest absolute Gasteiger partial charge is 0.305 e. The van der Waals surface area contributed by atoms with E-state index in [1.807, 2.05) is 4.68 Å². The summed E-state index contributed by atoms with van der Waals surface area (Å²) in [5.74, 6) is 1.66. The molecule has 0 atom stereocenters. The Morgan fingerprint density at radius 3 is 2.88 bits per heavy atom. The van der Waals surface area contributed by atoms with Crippen LogP contribution in [0.5, 0.6) is 0 Å². The molecular weight excluding hydrogens is 224 g/mol. The molecule has 0 radical (unpaired) electrons. The smallest absolute Gasteiger partial charge is 0.140 e. The van der Waals surface area contributed by atoms with E-state index in [0.717, 1.165) is 31.8 Å². The van der Waals surface area contributed by atoms with E-state index in [1.165, 1.54) is 0 Å². The lowest BCUT2D eigenvalue weighted by atomic mass is 10.0. The number of halogens is 1. The average Bonchev–Trinajstić information content (AvgIpc) is 2.63. The van der Waals surface area contributed by atoms with Crippen LogP contribution >= 0.6 is 11.6 Å². The molecule has 0 bridgehead atoms. The average molecular weight is 245 g/mol. The number of hydrogen-bond acceptors (Lipinski definition) is 3. The zero-order chi connectivity index (χ0) is 12.0. The van der Waals surface area contributed by atoms with Gasteiger partial charge in [0.15, 0.2) is 0 Å². The van der Waals surface area contributed by atoms with Crippen LogP contribution in [0, 0.1) is 0 Å². The summed E-state index contributed by atoms with van der Waals surface area (Å²) in [6.07, 6.45) is 3.62. The van der Waals surface area contributed by atoms with Crippen LogP contribution in [0.1, 0.15) is 39.4 Å². The van der Waals surface area contributed by atoms with E-state index in [9.17, 15) is 0 Å². The fourth-order valence-corrected chi connectivity index (χ4v) is 1.94. The second-order valence-corrected chi connectivity index (χ2v) is 4.95. The summed E-state index contributed by atoms with van der Waals surface area (Å²) in [4.78, 5) is 4.25. The maximum atomic E-state index is 5.75. The van der Waals surface area contributed by atoms with Gasteiger partial charge in [-0.1, -0.05) is 6.92 Å². The first kappa shape index (κ1) is 13.5. The van der Waals surface area contributed by atoms with E-state index < -0.39 is 0 Å². The first-order chi connectivity index (χ1) is 7.59. The lowest BCUT2D eigenvalue weighted by Crippen LogP contribution is -2.39. The second-order valence-electron chi connectivity index (χ2n) is 4.58. The summed E-state index contributed by atoms with van der Waals surface area (Å²) >= 11 is 5.75. The molecule has 0 unspecified atom stereocenters. The molecule has 5 heteroatoms. The highest BCUT2D eigenvalue weighted by atomic mass is 35.5. The zero-order valence-electron chi connectivity index (χ0n) is 10.3. The number of nitrogens with zero attached hydrogens (tertiary/aromatic N) is 3. The number of aryl methyl sites for hydroxylation is 1. The minimum atomic E-state index is 0.0464. The third-order valence-corrected chi connectivity index (χ3v) is 2.76. The van der Waals surface area contributed by atoms with Gasteiger partial charge in [0.1, 0.15) is 12.2 Å². The Labute approximate surface area is 102 Å². The monoisotopic (exact) mass is 244 g/mol. The molecule has 1 rings (SSSR count). The predicted octanol–water partition coefficient (Wildman–Crippen LogP) is 2.19. The Bertz CT molecular complexity index is 309. The van der Waals surface area contributed by atoms with Crippen LogP contribution < -0.4 is 5.32 Å². The molecule has 1 heterocycles. The minimum absolute atomic E-state index is 0.0464. The molecule has 0 saturated heterocycles. The van der Waals surface area contributed by atoms with E-state index in [0.29, 0.717) is 5.88 Å². The number of hydrogen-bond donors (Lipinski definition) is 1. The molecule has 0 aliphatic carbocycles. The molecule has 0 aliphatic heterocycles. The standard InChI is InChI=1S/C11H21ClN4/c1-4-7-16-10(13-9-15-16)8-14-11(2,3)5-6-12/h9,14H,4-8H2,1-3H3. The summed E-state index contributed by atoms with van der Waals surface area (Å²) in [5, 5.41) is 7.65. The lowest BCUT2D eigenvalue weighted by Gasteiger charge is -2.25. The lowest BCUT2D eigenvalue weighted by molar-refractivity contribution is 0.365. The molecule has 1 aromatic heterocycles. The van der Waals surface area contributed by atoms with Crippen molar-refractivity contribution in [3.8, 4) is 0 Å². The predicted molar refractivity (Wildman–Crippen MR) is 66.6 cm³/mol. The van der Waals surface area contributed by atoms with Crippen molar-refractivity contribution in [2.75, 3.05) is 5.88 Å². The van der Waals surface area contributed by atoms with Gasteiger partial charge in [0, 0.05) is 18.0 Å². The summed E-state index contributed by atoms with van der Waals surface area (Å²) in [5.41, 5.74) is 0.0464. The van der Waals surface area contributed by atoms with E-state index in [4.69, 9.17) is 11.6 Å². The maximum absolute atomic E-state index is 5.75. The fourth-order valence-electron chi connectivity index (χ4n) is 1.47. The molecule has 0 saturated carbocycles. The van der Waals surface area contributed by atoms with Gasteiger partial charge in [0.2, 0.25) is 0 Å². The quantitative estimate of drug-likeness (QED) is 0.748. The van der Waals surface area contributed by atoms with Gasteiger partial charge in [0.25, 0.3) is 0 Å². The number of nitrogens with one attached hydrogen (secondary N) is 1. The van der Waals surface area contributed by atoms with E-state index in [2.05, 4.69) is 36.2 Å². The maximum Gasteiger partial charge on any atom is 0.140 e. The third kappa shape index (κ3) is 4.10. The Balaban J connectivity index is 2.50. The molecule has 0 fully saturated rings. The molecular formula is C11H21ClN4. The van der Waals surface area contributed by atoms with Crippen molar-refractivity contribution in [1.82, 2.24) is 20.1 Å². The molecule has 1 N–H and O–H groups in total. The highest BCUT2D eigenvalue weighted by Gasteiger charge is 2.17. The second kappa shape index (κ2) is 6.21. The highest BCUT2D eigenvalue weighted by molar-refractivity contribution is 6.17. The van der Waals surface area contributed by atoms with Gasteiger partial charge in [-0.2, -0.15) is 5.10 Å². The molecule has 0 spiro atoms. The van der Waals surface area contributed by atoms with Crippen molar-refractivity contribution < 1.29 is 0 Å². The molecule has 1 aromatic rings. The molecule has 16 heavy (non-hydrogen) atoms. The summed E-state index contributed by atoms with van der Waals surface area (Å²) in [6, 6.07) is 0. The third-order valence-electron chi connectivity index (χ3n) is 2.58. The van der Waals surface area contributed by atoms with Crippen molar-refractivity contribution in [2.24, 2.45) is 0 Å².